The summed E-state index contributed by atoms with van der Waals surface area (Å²) in [6.07, 6.45) is -1.27. The first-order chi connectivity index (χ1) is 15.1. The molecule has 0 saturated carbocycles. The van der Waals surface area contributed by atoms with E-state index in [1.165, 1.54) is 30.5 Å². The van der Waals surface area contributed by atoms with E-state index in [2.05, 4.69) is 17.0 Å². The number of nitrogens with one attached hydrogen (secondary N) is 1. The Hall–Kier alpha value is -3.75. The quantitative estimate of drug-likeness (QED) is 0.269. The van der Waals surface area contributed by atoms with Gasteiger partial charge in [-0.25, -0.2) is 13.6 Å². The number of rotatable bonds is 6. The van der Waals surface area contributed by atoms with Crippen LogP contribution < -0.4 is 5.32 Å². The summed E-state index contributed by atoms with van der Waals surface area (Å²) >= 11 is 0. The van der Waals surface area contributed by atoms with Crippen molar-refractivity contribution >= 4 is 17.7 Å². The molecule has 166 valence electrons. The summed E-state index contributed by atoms with van der Waals surface area (Å²) < 4.78 is 55.3. The van der Waals surface area contributed by atoms with Crippen molar-refractivity contribution in [2.75, 3.05) is 14.1 Å². The summed E-state index contributed by atoms with van der Waals surface area (Å²) in [5.41, 5.74) is 1.18. The first kappa shape index (κ1) is 22.9. The van der Waals surface area contributed by atoms with Gasteiger partial charge in [-0.1, -0.05) is 18.7 Å². The summed E-state index contributed by atoms with van der Waals surface area (Å²) in [4.78, 5) is 12.7. The van der Waals surface area contributed by atoms with Gasteiger partial charge in [0.05, 0.1) is 17.4 Å². The highest BCUT2D eigenvalue weighted by atomic mass is 19.4. The lowest BCUT2D eigenvalue weighted by Gasteiger charge is -2.11. The molecule has 0 aliphatic rings. The van der Waals surface area contributed by atoms with Crippen LogP contribution in [0.15, 0.2) is 61.3 Å². The van der Waals surface area contributed by atoms with Gasteiger partial charge in [-0.05, 0) is 42.0 Å². The lowest BCUT2D eigenvalue weighted by atomic mass is 10.1. The molecule has 32 heavy (non-hydrogen) atoms. The maximum absolute atomic E-state index is 13.3. The van der Waals surface area contributed by atoms with Crippen LogP contribution in [-0.2, 0) is 17.5 Å². The lowest BCUT2D eigenvalue weighted by Crippen LogP contribution is -2.24. The number of alkyl halides is 3. The summed E-state index contributed by atoms with van der Waals surface area (Å²) in [6, 6.07) is 10.4. The van der Waals surface area contributed by atoms with E-state index in [9.17, 15) is 22.4 Å². The third kappa shape index (κ3) is 5.29. The first-order valence-electron chi connectivity index (χ1n) is 9.55. The molecule has 3 rings (SSSR count). The molecule has 0 atom stereocenters. The Balaban J connectivity index is 1.83. The van der Waals surface area contributed by atoms with E-state index < -0.39 is 23.5 Å². The average Bonchev–Trinajstić information content (AvgIpc) is 3.14. The van der Waals surface area contributed by atoms with Gasteiger partial charge in [-0.15, -0.1) is 0 Å². The molecule has 0 saturated heterocycles. The van der Waals surface area contributed by atoms with Crippen LogP contribution in [0.4, 0.5) is 17.6 Å². The van der Waals surface area contributed by atoms with Gasteiger partial charge in [0.1, 0.15) is 25.6 Å². The molecule has 9 heteroatoms. The highest BCUT2D eigenvalue weighted by molar-refractivity contribution is 6.20. The Morgan fingerprint density at radius 3 is 2.50 bits per heavy atom. The predicted molar refractivity (Wildman–Crippen MR) is 113 cm³/mol. The van der Waals surface area contributed by atoms with E-state index >= 15 is 0 Å². The second-order valence-corrected chi connectivity index (χ2v) is 7.28. The minimum atomic E-state index is -4.46. The van der Waals surface area contributed by atoms with Gasteiger partial charge in [0.15, 0.2) is 6.21 Å². The number of nitrogens with zero attached hydrogens (tertiary/aromatic N) is 3. The van der Waals surface area contributed by atoms with Gasteiger partial charge in [0.2, 0.25) is 0 Å². The number of carbonyl (C=O) groups excluding carboxylic acids is 1. The summed E-state index contributed by atoms with van der Waals surface area (Å²) in [6.45, 7) is 3.74. The predicted octanol–water partition coefficient (Wildman–Crippen LogP) is 4.05. The minimum Gasteiger partial charge on any atom is -0.348 e. The molecule has 0 fully saturated rings. The molecule has 3 aromatic rings. The van der Waals surface area contributed by atoms with Crippen molar-refractivity contribution in [1.82, 2.24) is 15.1 Å². The highest BCUT2D eigenvalue weighted by Gasteiger charge is 2.30. The van der Waals surface area contributed by atoms with Gasteiger partial charge in [-0.2, -0.15) is 18.3 Å². The zero-order valence-electron chi connectivity index (χ0n) is 17.4. The van der Waals surface area contributed by atoms with E-state index in [0.717, 1.165) is 12.1 Å². The van der Waals surface area contributed by atoms with Crippen molar-refractivity contribution in [3.8, 4) is 5.69 Å². The topological polar surface area (TPSA) is 49.9 Å². The number of hydrogen-bond donors (Lipinski definition) is 1. The van der Waals surface area contributed by atoms with E-state index in [1.807, 2.05) is 0 Å². The fourth-order valence-electron chi connectivity index (χ4n) is 3.02. The number of carbonyl (C=O) groups is 1. The fraction of sp³-hybridized carbons (Fsp3) is 0.174. The number of amides is 1. The van der Waals surface area contributed by atoms with Crippen LogP contribution in [0, 0.1) is 5.82 Å². The largest absolute Gasteiger partial charge is 0.416 e. The fourth-order valence-corrected chi connectivity index (χ4v) is 3.02. The molecule has 1 amide bonds. The molecule has 0 radical (unpaired) electrons. The third-order valence-electron chi connectivity index (χ3n) is 4.56. The van der Waals surface area contributed by atoms with Gasteiger partial charge < -0.3 is 5.32 Å². The van der Waals surface area contributed by atoms with Crippen LogP contribution in [0.3, 0.4) is 0 Å². The molecule has 5 nitrogen and oxygen atoms in total. The van der Waals surface area contributed by atoms with E-state index in [1.54, 1.807) is 41.7 Å². The SMILES string of the molecule is C=C(C(=O)NCc1cccc(C(F)(F)F)c1)c1cnn(-c2ccc(F)cc2)c1C=[N+](C)C. The Labute approximate surface area is 182 Å². The average molecular weight is 445 g/mol. The van der Waals surface area contributed by atoms with E-state index in [-0.39, 0.29) is 12.1 Å². The molecular weight excluding hydrogens is 424 g/mol. The Morgan fingerprint density at radius 2 is 1.88 bits per heavy atom. The van der Waals surface area contributed by atoms with Crippen LogP contribution in [0.5, 0.6) is 0 Å². The van der Waals surface area contributed by atoms with Crippen LogP contribution in [0.25, 0.3) is 11.3 Å². The zero-order valence-corrected chi connectivity index (χ0v) is 17.4. The highest BCUT2D eigenvalue weighted by Crippen LogP contribution is 2.29. The second kappa shape index (κ2) is 9.17. The van der Waals surface area contributed by atoms with Gasteiger partial charge in [0, 0.05) is 17.7 Å². The summed E-state index contributed by atoms with van der Waals surface area (Å²) in [7, 11) is 3.59. The molecule has 0 unspecified atom stereocenters. The van der Waals surface area contributed by atoms with Gasteiger partial charge in [0.25, 0.3) is 5.91 Å². The van der Waals surface area contributed by atoms with Gasteiger partial charge in [-0.3, -0.25) is 4.79 Å². The van der Waals surface area contributed by atoms with Crippen LogP contribution >= 0.6 is 0 Å². The third-order valence-corrected chi connectivity index (χ3v) is 4.56. The molecular formula is C23H21F4N4O+. The Bertz CT molecular complexity index is 1170. The van der Waals surface area contributed by atoms with E-state index in [4.69, 9.17) is 0 Å². The van der Waals surface area contributed by atoms with Crippen LogP contribution in [-0.4, -0.2) is 40.6 Å². The van der Waals surface area contributed by atoms with Crippen LogP contribution in [0.2, 0.25) is 0 Å². The molecule has 0 aliphatic heterocycles. The maximum atomic E-state index is 13.3. The first-order valence-corrected chi connectivity index (χ1v) is 9.55. The standard InChI is InChI=1S/C23H20F4N4O/c1-15(22(32)28-12-16-5-4-6-17(11-16)23(25,26)27)20-13-29-31(21(20)14-30(2)3)19-9-7-18(24)8-10-19/h4-11,13-14H,1,12H2,2-3H3/p+1. The zero-order chi connectivity index (χ0) is 23.5. The number of benzene rings is 2. The molecule has 1 N–H and O–H groups in total. The van der Waals surface area contributed by atoms with Crippen molar-refractivity contribution < 1.29 is 26.9 Å². The molecule has 1 aromatic heterocycles. The lowest BCUT2D eigenvalue weighted by molar-refractivity contribution is -0.459. The van der Waals surface area contributed by atoms with Crippen molar-refractivity contribution in [2.45, 2.75) is 12.7 Å². The normalized spacial score (nSPS) is 11.2. The number of aromatic nitrogens is 2. The van der Waals surface area contributed by atoms with Crippen molar-refractivity contribution in [3.05, 3.63) is 89.5 Å². The van der Waals surface area contributed by atoms with Crippen molar-refractivity contribution in [2.24, 2.45) is 0 Å². The molecule has 2 aromatic carbocycles. The molecule has 0 bridgehead atoms. The monoisotopic (exact) mass is 445 g/mol. The van der Waals surface area contributed by atoms with Crippen molar-refractivity contribution in [3.63, 3.8) is 0 Å². The molecule has 0 aliphatic carbocycles. The smallest absolute Gasteiger partial charge is 0.348 e. The van der Waals surface area contributed by atoms with E-state index in [0.29, 0.717) is 22.5 Å². The summed E-state index contributed by atoms with van der Waals surface area (Å²) in [5, 5.41) is 6.89. The van der Waals surface area contributed by atoms with Crippen molar-refractivity contribution in [1.29, 1.82) is 0 Å². The maximum Gasteiger partial charge on any atom is 0.416 e. The second-order valence-electron chi connectivity index (χ2n) is 7.28. The minimum absolute atomic E-state index is 0.0958. The molecule has 1 heterocycles. The Kier molecular flexibility index (Phi) is 6.57. The van der Waals surface area contributed by atoms with Gasteiger partial charge >= 0.3 is 6.18 Å². The summed E-state index contributed by atoms with van der Waals surface area (Å²) in [5.74, 6) is -0.938. The number of halogens is 4. The Morgan fingerprint density at radius 1 is 1.19 bits per heavy atom. The number of hydrogen-bond acceptors (Lipinski definition) is 2. The molecule has 0 spiro atoms. The van der Waals surface area contributed by atoms with Crippen LogP contribution in [0.1, 0.15) is 22.4 Å².